The lowest BCUT2D eigenvalue weighted by molar-refractivity contribution is -0.121. The maximum absolute atomic E-state index is 5.58. The van der Waals surface area contributed by atoms with Gasteiger partial charge in [-0.3, -0.25) is 4.90 Å². The quantitative estimate of drug-likeness (QED) is 0.840. The van der Waals surface area contributed by atoms with Gasteiger partial charge in [-0.2, -0.15) is 0 Å². The normalized spacial score (nSPS) is 17.9. The lowest BCUT2D eigenvalue weighted by Crippen LogP contribution is -2.61. The molecular formula is C18H21NO. The van der Waals surface area contributed by atoms with Crippen LogP contribution >= 0.6 is 0 Å². The van der Waals surface area contributed by atoms with E-state index in [9.17, 15) is 0 Å². The Kier molecular flexibility index (Phi) is 3.60. The summed E-state index contributed by atoms with van der Waals surface area (Å²) in [5.41, 5.74) is 2.69. The molecule has 0 amide bonds. The first-order chi connectivity index (χ1) is 9.72. The van der Waals surface area contributed by atoms with E-state index in [-0.39, 0.29) is 5.60 Å². The van der Waals surface area contributed by atoms with Gasteiger partial charge in [0.1, 0.15) is 0 Å². The van der Waals surface area contributed by atoms with Crippen LogP contribution < -0.4 is 0 Å². The molecule has 0 atom stereocenters. The van der Waals surface area contributed by atoms with Crippen molar-refractivity contribution < 1.29 is 4.74 Å². The zero-order valence-electron chi connectivity index (χ0n) is 12.1. The largest absolute Gasteiger partial charge is 0.376 e. The molecule has 20 heavy (non-hydrogen) atoms. The van der Waals surface area contributed by atoms with Crippen LogP contribution in [0.1, 0.15) is 24.1 Å². The third kappa shape index (κ3) is 2.49. The molecule has 1 fully saturated rings. The van der Waals surface area contributed by atoms with Gasteiger partial charge in [-0.1, -0.05) is 60.7 Å². The van der Waals surface area contributed by atoms with Crippen molar-refractivity contribution >= 4 is 0 Å². The fourth-order valence-electron chi connectivity index (χ4n) is 3.01. The van der Waals surface area contributed by atoms with Gasteiger partial charge < -0.3 is 4.74 Å². The van der Waals surface area contributed by atoms with Gasteiger partial charge in [-0.15, -0.1) is 0 Å². The fraction of sp³-hybridized carbons (Fsp3) is 0.333. The first kappa shape index (κ1) is 13.3. The summed E-state index contributed by atoms with van der Waals surface area (Å²) in [4.78, 5) is 2.48. The van der Waals surface area contributed by atoms with Crippen molar-refractivity contribution in [3.05, 3.63) is 71.8 Å². The van der Waals surface area contributed by atoms with Crippen LogP contribution in [0.15, 0.2) is 60.7 Å². The molecule has 0 spiro atoms. The number of likely N-dealkylation sites (tertiary alicyclic amines) is 1. The van der Waals surface area contributed by atoms with E-state index < -0.39 is 0 Å². The Hall–Kier alpha value is -1.64. The molecule has 1 aliphatic rings. The van der Waals surface area contributed by atoms with E-state index in [1.54, 1.807) is 7.11 Å². The van der Waals surface area contributed by atoms with E-state index in [4.69, 9.17) is 4.74 Å². The van der Waals surface area contributed by atoms with E-state index in [0.29, 0.717) is 6.04 Å². The highest BCUT2D eigenvalue weighted by atomic mass is 16.5. The molecule has 1 saturated heterocycles. The number of hydrogen-bond donors (Lipinski definition) is 0. The molecule has 0 unspecified atom stereocenters. The summed E-state index contributed by atoms with van der Waals surface area (Å²) < 4.78 is 5.58. The highest BCUT2D eigenvalue weighted by Gasteiger charge is 2.42. The second kappa shape index (κ2) is 5.39. The van der Waals surface area contributed by atoms with Crippen molar-refractivity contribution in [3.63, 3.8) is 0 Å². The van der Waals surface area contributed by atoms with E-state index in [1.807, 2.05) is 0 Å². The van der Waals surface area contributed by atoms with Crippen LogP contribution in [0, 0.1) is 0 Å². The highest BCUT2D eigenvalue weighted by molar-refractivity contribution is 5.32. The Labute approximate surface area is 121 Å². The van der Waals surface area contributed by atoms with Gasteiger partial charge in [-0.25, -0.2) is 0 Å². The first-order valence-corrected chi connectivity index (χ1v) is 7.11. The number of benzene rings is 2. The first-order valence-electron chi connectivity index (χ1n) is 7.11. The summed E-state index contributed by atoms with van der Waals surface area (Å²) in [6.45, 7) is 4.12. The topological polar surface area (TPSA) is 12.5 Å². The number of ether oxygens (including phenoxy) is 1. The third-order valence-electron chi connectivity index (χ3n) is 4.16. The van der Waals surface area contributed by atoms with E-state index >= 15 is 0 Å². The van der Waals surface area contributed by atoms with Crippen LogP contribution in [-0.2, 0) is 4.74 Å². The molecule has 0 aliphatic carbocycles. The molecule has 1 aliphatic heterocycles. The van der Waals surface area contributed by atoms with Crippen molar-refractivity contribution in [2.24, 2.45) is 0 Å². The number of hydrogen-bond acceptors (Lipinski definition) is 2. The fourth-order valence-corrected chi connectivity index (χ4v) is 3.01. The number of rotatable bonds is 4. The molecule has 0 radical (unpaired) electrons. The van der Waals surface area contributed by atoms with Crippen LogP contribution in [0.3, 0.4) is 0 Å². The van der Waals surface area contributed by atoms with Crippen molar-refractivity contribution in [2.45, 2.75) is 18.6 Å². The standard InChI is InChI=1S/C18H21NO/c1-18(20-2)13-19(14-18)17(15-9-5-3-6-10-15)16-11-7-4-8-12-16/h3-12,17H,13-14H2,1-2H3. The van der Waals surface area contributed by atoms with Gasteiger partial charge in [0.15, 0.2) is 0 Å². The highest BCUT2D eigenvalue weighted by Crippen LogP contribution is 2.36. The second-order valence-electron chi connectivity index (χ2n) is 5.78. The minimum atomic E-state index is 0.00180. The van der Waals surface area contributed by atoms with Gasteiger partial charge >= 0.3 is 0 Å². The minimum Gasteiger partial charge on any atom is -0.376 e. The van der Waals surface area contributed by atoms with Gasteiger partial charge in [0, 0.05) is 20.2 Å². The van der Waals surface area contributed by atoms with E-state index in [0.717, 1.165) is 13.1 Å². The summed E-state index contributed by atoms with van der Waals surface area (Å²) in [6, 6.07) is 21.7. The van der Waals surface area contributed by atoms with Gasteiger partial charge in [0.25, 0.3) is 0 Å². The van der Waals surface area contributed by atoms with Crippen molar-refractivity contribution in [1.29, 1.82) is 0 Å². The number of methoxy groups -OCH3 is 1. The smallest absolute Gasteiger partial charge is 0.0903 e. The average Bonchev–Trinajstić information content (AvgIpc) is 2.48. The average molecular weight is 267 g/mol. The minimum absolute atomic E-state index is 0.00180. The Bertz CT molecular complexity index is 507. The molecule has 0 saturated carbocycles. The zero-order chi connectivity index (χ0) is 14.0. The second-order valence-corrected chi connectivity index (χ2v) is 5.78. The molecule has 104 valence electrons. The van der Waals surface area contributed by atoms with Gasteiger partial charge in [0.2, 0.25) is 0 Å². The Morgan fingerprint density at radius 3 is 1.75 bits per heavy atom. The zero-order valence-corrected chi connectivity index (χ0v) is 12.1. The molecule has 1 heterocycles. The van der Waals surface area contributed by atoms with Crippen LogP contribution in [0.25, 0.3) is 0 Å². The summed E-state index contributed by atoms with van der Waals surface area (Å²) in [6.07, 6.45) is 0. The van der Waals surface area contributed by atoms with Crippen LogP contribution in [0.2, 0.25) is 0 Å². The SMILES string of the molecule is COC1(C)CN(C(c2ccccc2)c2ccccc2)C1. The third-order valence-corrected chi connectivity index (χ3v) is 4.16. The molecule has 2 aromatic carbocycles. The van der Waals surface area contributed by atoms with Crippen LogP contribution in [0.4, 0.5) is 0 Å². The summed E-state index contributed by atoms with van der Waals surface area (Å²) in [5, 5.41) is 0. The lowest BCUT2D eigenvalue weighted by Gasteiger charge is -2.50. The predicted octanol–water partition coefficient (Wildman–Crippen LogP) is 3.50. The molecular weight excluding hydrogens is 246 g/mol. The van der Waals surface area contributed by atoms with Gasteiger partial charge in [0.05, 0.1) is 11.6 Å². The monoisotopic (exact) mass is 267 g/mol. The van der Waals surface area contributed by atoms with Crippen LogP contribution in [-0.4, -0.2) is 30.7 Å². The molecule has 2 aromatic rings. The molecule has 0 aromatic heterocycles. The molecule has 2 heteroatoms. The van der Waals surface area contributed by atoms with E-state index in [1.165, 1.54) is 11.1 Å². The maximum atomic E-state index is 5.58. The van der Waals surface area contributed by atoms with E-state index in [2.05, 4.69) is 72.5 Å². The van der Waals surface area contributed by atoms with Crippen LogP contribution in [0.5, 0.6) is 0 Å². The summed E-state index contributed by atoms with van der Waals surface area (Å²) in [7, 11) is 1.80. The van der Waals surface area contributed by atoms with Crippen molar-refractivity contribution in [3.8, 4) is 0 Å². The Morgan fingerprint density at radius 2 is 1.35 bits per heavy atom. The van der Waals surface area contributed by atoms with Crippen molar-refractivity contribution in [1.82, 2.24) is 4.90 Å². The lowest BCUT2D eigenvalue weighted by atomic mass is 9.88. The molecule has 0 N–H and O–H groups in total. The summed E-state index contributed by atoms with van der Waals surface area (Å²) >= 11 is 0. The Balaban J connectivity index is 1.90. The molecule has 3 rings (SSSR count). The summed E-state index contributed by atoms with van der Waals surface area (Å²) in [5.74, 6) is 0. The molecule has 2 nitrogen and oxygen atoms in total. The maximum Gasteiger partial charge on any atom is 0.0903 e. The molecule has 0 bridgehead atoms. The Morgan fingerprint density at radius 1 is 0.900 bits per heavy atom. The number of nitrogens with zero attached hydrogens (tertiary/aromatic N) is 1. The predicted molar refractivity (Wildman–Crippen MR) is 81.7 cm³/mol. The van der Waals surface area contributed by atoms with Crippen molar-refractivity contribution in [2.75, 3.05) is 20.2 Å². The van der Waals surface area contributed by atoms with Gasteiger partial charge in [-0.05, 0) is 18.1 Å².